The van der Waals surface area contributed by atoms with Gasteiger partial charge in [-0.25, -0.2) is 4.79 Å². The molecule has 0 spiro atoms. The van der Waals surface area contributed by atoms with Crippen molar-refractivity contribution in [2.75, 3.05) is 13.2 Å². The summed E-state index contributed by atoms with van der Waals surface area (Å²) in [5.74, 6) is -0.983. The van der Waals surface area contributed by atoms with E-state index in [4.69, 9.17) is 14.2 Å². The van der Waals surface area contributed by atoms with E-state index in [0.717, 1.165) is 0 Å². The molecule has 0 radical (unpaired) electrons. The van der Waals surface area contributed by atoms with Gasteiger partial charge in [-0.05, 0) is 41.5 Å². The van der Waals surface area contributed by atoms with Crippen LogP contribution in [0.3, 0.4) is 0 Å². The highest BCUT2D eigenvalue weighted by Gasteiger charge is 2.45. The maximum absolute atomic E-state index is 11.8. The predicted molar refractivity (Wildman–Crippen MR) is 68.8 cm³/mol. The molecular formula is C13H23NO5. The second kappa shape index (κ2) is 5.09. The number of ether oxygens (including phenoxy) is 3. The van der Waals surface area contributed by atoms with E-state index in [1.807, 2.05) is 0 Å². The molecule has 0 aromatic rings. The van der Waals surface area contributed by atoms with Gasteiger partial charge in [0.05, 0.1) is 13.2 Å². The standard InChI is InChI=1S/C13H23NO5/c1-9(15)13(7-17-12(5,6)18-8-13)14-10(16)19-11(2,3)4/h7-8H2,1-6H3,(H,14,16). The van der Waals surface area contributed by atoms with E-state index >= 15 is 0 Å². The molecule has 1 saturated heterocycles. The minimum absolute atomic E-state index is 0.0641. The lowest BCUT2D eigenvalue weighted by molar-refractivity contribution is -0.266. The summed E-state index contributed by atoms with van der Waals surface area (Å²) in [7, 11) is 0. The number of amides is 1. The molecule has 0 unspecified atom stereocenters. The molecule has 1 rings (SSSR count). The van der Waals surface area contributed by atoms with Gasteiger partial charge in [-0.1, -0.05) is 0 Å². The highest BCUT2D eigenvalue weighted by Crippen LogP contribution is 2.24. The number of carbonyl (C=O) groups excluding carboxylic acids is 2. The normalized spacial score (nSPS) is 21.6. The van der Waals surface area contributed by atoms with Crippen molar-refractivity contribution in [2.45, 2.75) is 58.5 Å². The minimum Gasteiger partial charge on any atom is -0.444 e. The van der Waals surface area contributed by atoms with E-state index < -0.39 is 23.0 Å². The summed E-state index contributed by atoms with van der Waals surface area (Å²) in [6.07, 6.45) is -0.658. The molecule has 1 N–H and O–H groups in total. The van der Waals surface area contributed by atoms with Crippen molar-refractivity contribution in [1.29, 1.82) is 0 Å². The van der Waals surface area contributed by atoms with Crippen LogP contribution in [0.25, 0.3) is 0 Å². The van der Waals surface area contributed by atoms with Crippen LogP contribution in [-0.2, 0) is 19.0 Å². The molecular weight excluding hydrogens is 250 g/mol. The highest BCUT2D eigenvalue weighted by atomic mass is 16.7. The lowest BCUT2D eigenvalue weighted by atomic mass is 9.95. The van der Waals surface area contributed by atoms with Gasteiger partial charge >= 0.3 is 6.09 Å². The van der Waals surface area contributed by atoms with Gasteiger partial charge in [0.25, 0.3) is 0 Å². The summed E-state index contributed by atoms with van der Waals surface area (Å²) < 4.78 is 16.1. The zero-order chi connectivity index (χ0) is 14.9. The number of nitrogens with one attached hydrogen (secondary N) is 1. The Balaban J connectivity index is 2.75. The number of rotatable bonds is 2. The number of ketones is 1. The summed E-state index contributed by atoms with van der Waals surface area (Å²) in [6.45, 7) is 10.3. The van der Waals surface area contributed by atoms with Gasteiger partial charge < -0.3 is 19.5 Å². The van der Waals surface area contributed by atoms with E-state index in [9.17, 15) is 9.59 Å². The summed E-state index contributed by atoms with van der Waals surface area (Å²) in [5.41, 5.74) is -1.81. The van der Waals surface area contributed by atoms with Crippen molar-refractivity contribution in [2.24, 2.45) is 0 Å². The van der Waals surface area contributed by atoms with Crippen LogP contribution in [0.4, 0.5) is 4.79 Å². The third-order valence-electron chi connectivity index (χ3n) is 2.75. The van der Waals surface area contributed by atoms with Gasteiger partial charge in [-0.2, -0.15) is 0 Å². The second-order valence-electron chi connectivity index (χ2n) is 6.24. The Morgan fingerprint density at radius 2 is 1.63 bits per heavy atom. The van der Waals surface area contributed by atoms with Crippen LogP contribution in [0.5, 0.6) is 0 Å². The van der Waals surface area contributed by atoms with Crippen molar-refractivity contribution in [3.8, 4) is 0 Å². The third kappa shape index (κ3) is 4.47. The van der Waals surface area contributed by atoms with Crippen LogP contribution in [0, 0.1) is 0 Å². The monoisotopic (exact) mass is 273 g/mol. The van der Waals surface area contributed by atoms with Crippen LogP contribution in [-0.4, -0.2) is 42.0 Å². The molecule has 0 aromatic heterocycles. The molecule has 6 nitrogen and oxygen atoms in total. The number of hydrogen-bond acceptors (Lipinski definition) is 5. The molecule has 1 aliphatic heterocycles. The van der Waals surface area contributed by atoms with Gasteiger partial charge in [0, 0.05) is 0 Å². The minimum atomic E-state index is -1.18. The first kappa shape index (κ1) is 15.9. The average molecular weight is 273 g/mol. The zero-order valence-electron chi connectivity index (χ0n) is 12.5. The van der Waals surface area contributed by atoms with Crippen LogP contribution in [0.2, 0.25) is 0 Å². The largest absolute Gasteiger partial charge is 0.444 e. The maximum atomic E-state index is 11.8. The molecule has 110 valence electrons. The molecule has 1 fully saturated rings. The second-order valence-corrected chi connectivity index (χ2v) is 6.24. The van der Waals surface area contributed by atoms with Gasteiger partial charge in [-0.3, -0.25) is 4.79 Å². The highest BCUT2D eigenvalue weighted by molar-refractivity contribution is 5.90. The van der Waals surface area contributed by atoms with E-state index in [0.29, 0.717) is 0 Å². The topological polar surface area (TPSA) is 73.9 Å². The van der Waals surface area contributed by atoms with E-state index in [1.165, 1.54) is 6.92 Å². The molecule has 1 amide bonds. The van der Waals surface area contributed by atoms with Crippen molar-refractivity contribution in [3.63, 3.8) is 0 Å². The fourth-order valence-corrected chi connectivity index (χ4v) is 1.54. The lowest BCUT2D eigenvalue weighted by Crippen LogP contribution is -2.65. The smallest absolute Gasteiger partial charge is 0.408 e. The zero-order valence-corrected chi connectivity index (χ0v) is 12.5. The Labute approximate surface area is 113 Å². The first-order chi connectivity index (χ1) is 8.46. The molecule has 1 heterocycles. The van der Waals surface area contributed by atoms with Crippen molar-refractivity contribution in [3.05, 3.63) is 0 Å². The third-order valence-corrected chi connectivity index (χ3v) is 2.75. The van der Waals surface area contributed by atoms with Crippen LogP contribution < -0.4 is 5.32 Å². The van der Waals surface area contributed by atoms with E-state index in [2.05, 4.69) is 5.32 Å². The summed E-state index contributed by atoms with van der Waals surface area (Å²) >= 11 is 0. The lowest BCUT2D eigenvalue weighted by Gasteiger charge is -2.42. The Hall–Kier alpha value is -1.14. The Kier molecular flexibility index (Phi) is 4.27. The molecule has 1 aliphatic rings. The van der Waals surface area contributed by atoms with Gasteiger partial charge in [0.15, 0.2) is 11.6 Å². The molecule has 0 atom stereocenters. The van der Waals surface area contributed by atoms with Gasteiger partial charge in [-0.15, -0.1) is 0 Å². The first-order valence-electron chi connectivity index (χ1n) is 6.26. The number of hydrogen-bond donors (Lipinski definition) is 1. The fourth-order valence-electron chi connectivity index (χ4n) is 1.54. The molecule has 19 heavy (non-hydrogen) atoms. The van der Waals surface area contributed by atoms with Crippen LogP contribution in [0.15, 0.2) is 0 Å². The van der Waals surface area contributed by atoms with E-state index in [1.54, 1.807) is 34.6 Å². The van der Waals surface area contributed by atoms with Crippen molar-refractivity contribution < 1.29 is 23.8 Å². The number of Topliss-reactive ketones (excluding diaryl/α,β-unsaturated/α-hetero) is 1. The molecule has 0 aromatic carbocycles. The van der Waals surface area contributed by atoms with Gasteiger partial charge in [0.1, 0.15) is 11.1 Å². The molecule has 0 aliphatic carbocycles. The number of carbonyl (C=O) groups is 2. The quantitative estimate of drug-likeness (QED) is 0.827. The summed E-state index contributed by atoms with van der Waals surface area (Å²) in [4.78, 5) is 23.6. The van der Waals surface area contributed by atoms with Crippen LogP contribution >= 0.6 is 0 Å². The Bertz CT molecular complexity index is 360. The molecule has 0 bridgehead atoms. The fraction of sp³-hybridized carbons (Fsp3) is 0.846. The van der Waals surface area contributed by atoms with Crippen molar-refractivity contribution in [1.82, 2.24) is 5.32 Å². The van der Waals surface area contributed by atoms with Gasteiger partial charge in [0.2, 0.25) is 0 Å². The Morgan fingerprint density at radius 1 is 1.16 bits per heavy atom. The summed E-state index contributed by atoms with van der Waals surface area (Å²) in [5, 5.41) is 2.57. The summed E-state index contributed by atoms with van der Waals surface area (Å²) in [6, 6.07) is 0. The van der Waals surface area contributed by atoms with Crippen molar-refractivity contribution >= 4 is 11.9 Å². The number of alkyl carbamates (subject to hydrolysis) is 1. The first-order valence-corrected chi connectivity index (χ1v) is 6.26. The van der Waals surface area contributed by atoms with E-state index in [-0.39, 0.29) is 19.0 Å². The predicted octanol–water partition coefficient (Wildman–Crippen LogP) is 1.62. The Morgan fingerprint density at radius 3 is 2.00 bits per heavy atom. The average Bonchev–Trinajstić information content (AvgIpc) is 2.18. The molecule has 6 heteroatoms. The molecule has 0 saturated carbocycles. The van der Waals surface area contributed by atoms with Crippen LogP contribution in [0.1, 0.15) is 41.5 Å². The SMILES string of the molecule is CC(=O)C1(NC(=O)OC(C)(C)C)COC(C)(C)OC1. The maximum Gasteiger partial charge on any atom is 0.408 e.